The van der Waals surface area contributed by atoms with Gasteiger partial charge in [0.15, 0.2) is 11.5 Å². The fraction of sp³-hybridized carbons (Fsp3) is 0.467. The van der Waals surface area contributed by atoms with Gasteiger partial charge in [-0.15, -0.1) is 0 Å². The first kappa shape index (κ1) is 33.1. The van der Waals surface area contributed by atoms with Crippen LogP contribution in [0.4, 0.5) is 4.79 Å². The van der Waals surface area contributed by atoms with E-state index in [1.807, 2.05) is 37.3 Å². The first-order valence-electron chi connectivity index (χ1n) is 14.0. The molecule has 41 heavy (non-hydrogen) atoms. The molecule has 3 amide bonds. The molecule has 3 atom stereocenters. The lowest BCUT2D eigenvalue weighted by atomic mass is 10.1. The molecule has 0 aliphatic carbocycles. The van der Waals surface area contributed by atoms with Crippen LogP contribution in [-0.2, 0) is 25.7 Å². The molecule has 0 bridgehead atoms. The summed E-state index contributed by atoms with van der Waals surface area (Å²) >= 11 is 0. The van der Waals surface area contributed by atoms with E-state index in [9.17, 15) is 19.2 Å². The molecule has 0 aromatic heterocycles. The van der Waals surface area contributed by atoms with E-state index >= 15 is 0 Å². The SMILES string of the molecule is CCCCOC(=O)N[C@@H](CCCCN)C(=O)N[C@@H](C)C(=O)N[C@@H](C)C(=O)Oc1ccccc1OCc1ccccc1. The van der Waals surface area contributed by atoms with Crippen molar-refractivity contribution in [2.75, 3.05) is 13.2 Å². The molecule has 2 aromatic carbocycles. The third-order valence-corrected chi connectivity index (χ3v) is 6.05. The summed E-state index contributed by atoms with van der Waals surface area (Å²) < 4.78 is 16.4. The summed E-state index contributed by atoms with van der Waals surface area (Å²) in [5.74, 6) is -1.25. The molecule has 0 unspecified atom stereocenters. The maximum absolute atomic E-state index is 12.9. The number of hydrogen-bond acceptors (Lipinski definition) is 8. The number of amides is 3. The lowest BCUT2D eigenvalue weighted by Crippen LogP contribution is -2.54. The van der Waals surface area contributed by atoms with Crippen molar-refractivity contribution >= 4 is 23.9 Å². The molecule has 11 heteroatoms. The lowest BCUT2D eigenvalue weighted by Gasteiger charge is -2.22. The normalized spacial score (nSPS) is 12.8. The zero-order valence-corrected chi connectivity index (χ0v) is 24.0. The minimum Gasteiger partial charge on any atom is -0.485 e. The van der Waals surface area contributed by atoms with Crippen LogP contribution in [0, 0.1) is 0 Å². The van der Waals surface area contributed by atoms with Crippen molar-refractivity contribution < 1.29 is 33.4 Å². The monoisotopic (exact) mass is 570 g/mol. The molecule has 0 aliphatic heterocycles. The van der Waals surface area contributed by atoms with Crippen LogP contribution in [0.5, 0.6) is 11.5 Å². The Morgan fingerprint density at radius 3 is 2.15 bits per heavy atom. The van der Waals surface area contributed by atoms with Crippen LogP contribution >= 0.6 is 0 Å². The zero-order valence-electron chi connectivity index (χ0n) is 24.0. The Labute approximate surface area is 241 Å². The van der Waals surface area contributed by atoms with Gasteiger partial charge in [0.25, 0.3) is 0 Å². The molecule has 2 aromatic rings. The molecule has 5 N–H and O–H groups in total. The van der Waals surface area contributed by atoms with E-state index in [4.69, 9.17) is 19.9 Å². The summed E-state index contributed by atoms with van der Waals surface area (Å²) in [5.41, 5.74) is 6.50. The van der Waals surface area contributed by atoms with Crippen molar-refractivity contribution in [3.8, 4) is 11.5 Å². The number of benzene rings is 2. The Morgan fingerprint density at radius 1 is 0.805 bits per heavy atom. The molecular weight excluding hydrogens is 528 g/mol. The first-order chi connectivity index (χ1) is 19.7. The van der Waals surface area contributed by atoms with Crippen LogP contribution < -0.4 is 31.2 Å². The fourth-order valence-corrected chi connectivity index (χ4v) is 3.62. The number of unbranched alkanes of at least 4 members (excludes halogenated alkanes) is 2. The second kappa shape index (κ2) is 18.3. The third-order valence-electron chi connectivity index (χ3n) is 6.05. The quantitative estimate of drug-likeness (QED) is 0.128. The van der Waals surface area contributed by atoms with E-state index in [-0.39, 0.29) is 19.0 Å². The minimum atomic E-state index is -1.02. The Morgan fingerprint density at radius 2 is 1.46 bits per heavy atom. The van der Waals surface area contributed by atoms with Crippen molar-refractivity contribution in [3.63, 3.8) is 0 Å². The molecule has 0 aliphatic rings. The van der Waals surface area contributed by atoms with Crippen LogP contribution in [-0.4, -0.2) is 55.2 Å². The molecule has 2 rings (SSSR count). The number of ether oxygens (including phenoxy) is 3. The lowest BCUT2D eigenvalue weighted by molar-refractivity contribution is -0.139. The Balaban J connectivity index is 1.91. The number of nitrogens with one attached hydrogen (secondary N) is 3. The summed E-state index contributed by atoms with van der Waals surface area (Å²) in [6, 6.07) is 13.4. The summed E-state index contributed by atoms with van der Waals surface area (Å²) in [5, 5.41) is 7.70. The van der Waals surface area contributed by atoms with Gasteiger partial charge in [0.05, 0.1) is 6.61 Å². The third kappa shape index (κ3) is 12.3. The van der Waals surface area contributed by atoms with Crippen molar-refractivity contribution in [3.05, 3.63) is 60.2 Å². The molecule has 224 valence electrons. The molecule has 0 saturated carbocycles. The van der Waals surface area contributed by atoms with Crippen LogP contribution in [0.25, 0.3) is 0 Å². The van der Waals surface area contributed by atoms with Gasteiger partial charge in [-0.1, -0.05) is 55.8 Å². The van der Waals surface area contributed by atoms with E-state index in [0.717, 1.165) is 12.0 Å². The summed E-state index contributed by atoms with van der Waals surface area (Å²) in [6.45, 7) is 5.91. The predicted octanol–water partition coefficient (Wildman–Crippen LogP) is 3.20. The topological polar surface area (TPSA) is 158 Å². The maximum Gasteiger partial charge on any atom is 0.407 e. The van der Waals surface area contributed by atoms with Gasteiger partial charge in [-0.05, 0) is 63.8 Å². The van der Waals surface area contributed by atoms with Gasteiger partial charge >= 0.3 is 12.1 Å². The Bertz CT molecular complexity index is 1110. The highest BCUT2D eigenvalue weighted by Gasteiger charge is 2.27. The molecule has 11 nitrogen and oxygen atoms in total. The van der Waals surface area contributed by atoms with Gasteiger partial charge in [0.1, 0.15) is 24.7 Å². The molecule has 0 spiro atoms. The fourth-order valence-electron chi connectivity index (χ4n) is 3.62. The summed E-state index contributed by atoms with van der Waals surface area (Å²) in [4.78, 5) is 50.5. The van der Waals surface area contributed by atoms with Gasteiger partial charge in [-0.3, -0.25) is 9.59 Å². The highest BCUT2D eigenvalue weighted by Crippen LogP contribution is 2.27. The summed E-state index contributed by atoms with van der Waals surface area (Å²) in [7, 11) is 0. The Kier molecular flexibility index (Phi) is 14.7. The first-order valence-corrected chi connectivity index (χ1v) is 14.0. The van der Waals surface area contributed by atoms with Crippen molar-refractivity contribution in [2.24, 2.45) is 5.73 Å². The average molecular weight is 571 g/mol. The van der Waals surface area contributed by atoms with E-state index < -0.39 is 42.0 Å². The smallest absolute Gasteiger partial charge is 0.407 e. The number of carbonyl (C=O) groups excluding carboxylic acids is 4. The van der Waals surface area contributed by atoms with Gasteiger partial charge < -0.3 is 35.9 Å². The number of para-hydroxylation sites is 2. The highest BCUT2D eigenvalue weighted by atomic mass is 16.6. The second-order valence-corrected chi connectivity index (χ2v) is 9.57. The summed E-state index contributed by atoms with van der Waals surface area (Å²) in [6.07, 6.45) is 2.47. The zero-order chi connectivity index (χ0) is 30.0. The minimum absolute atomic E-state index is 0.216. The average Bonchev–Trinajstić information content (AvgIpc) is 2.96. The van der Waals surface area contributed by atoms with Gasteiger partial charge in [-0.2, -0.15) is 0 Å². The van der Waals surface area contributed by atoms with Crippen LogP contribution in [0.1, 0.15) is 58.4 Å². The van der Waals surface area contributed by atoms with Crippen LogP contribution in [0.15, 0.2) is 54.6 Å². The molecule has 0 radical (unpaired) electrons. The maximum atomic E-state index is 12.9. The molecule has 0 fully saturated rings. The van der Waals surface area contributed by atoms with E-state index in [0.29, 0.717) is 38.0 Å². The van der Waals surface area contributed by atoms with Crippen molar-refractivity contribution in [1.82, 2.24) is 16.0 Å². The predicted molar refractivity (Wildman–Crippen MR) is 154 cm³/mol. The number of rotatable bonds is 17. The van der Waals surface area contributed by atoms with Gasteiger partial charge in [0.2, 0.25) is 11.8 Å². The molecule has 0 heterocycles. The highest BCUT2D eigenvalue weighted by molar-refractivity contribution is 5.93. The van der Waals surface area contributed by atoms with Crippen LogP contribution in [0.2, 0.25) is 0 Å². The number of esters is 1. The molecule has 0 saturated heterocycles. The van der Waals surface area contributed by atoms with E-state index in [1.54, 1.807) is 24.3 Å². The Hall–Kier alpha value is -4.12. The number of nitrogens with two attached hydrogens (primary N) is 1. The van der Waals surface area contributed by atoms with Crippen LogP contribution in [0.3, 0.4) is 0 Å². The van der Waals surface area contributed by atoms with E-state index in [1.165, 1.54) is 13.8 Å². The van der Waals surface area contributed by atoms with E-state index in [2.05, 4.69) is 16.0 Å². The molecular formula is C30H42N4O7. The standard InChI is InChI=1S/C30H42N4O7/c1-4-5-19-39-30(38)34-24(15-11-12-18-31)28(36)32-21(2)27(35)33-22(3)29(37)41-26-17-10-9-16-25(26)40-20-23-13-7-6-8-14-23/h6-10,13-14,16-17,21-22,24H,4-5,11-12,15,18-20,31H2,1-3H3,(H,32,36)(H,33,35)(H,34,38)/t21-,22-,24-/m0/s1. The number of hydrogen-bond donors (Lipinski definition) is 4. The number of carbonyl (C=O) groups is 4. The second-order valence-electron chi connectivity index (χ2n) is 9.57. The van der Waals surface area contributed by atoms with Gasteiger partial charge in [0, 0.05) is 0 Å². The van der Waals surface area contributed by atoms with Crippen molar-refractivity contribution in [1.29, 1.82) is 0 Å². The van der Waals surface area contributed by atoms with Gasteiger partial charge in [-0.25, -0.2) is 9.59 Å². The largest absolute Gasteiger partial charge is 0.485 e. The van der Waals surface area contributed by atoms with Crippen molar-refractivity contribution in [2.45, 2.75) is 77.6 Å². The number of alkyl carbamates (subject to hydrolysis) is 1.